The molecule has 6 heteroatoms. The zero-order chi connectivity index (χ0) is 13.8. The Hall–Kier alpha value is -1.69. The molecule has 0 spiro atoms. The van der Waals surface area contributed by atoms with Crippen molar-refractivity contribution < 1.29 is 9.32 Å². The first-order valence-electron chi connectivity index (χ1n) is 6.90. The summed E-state index contributed by atoms with van der Waals surface area (Å²) in [5, 5.41) is 7.94. The minimum Gasteiger partial charge on any atom is -0.354 e. The van der Waals surface area contributed by atoms with Gasteiger partial charge in [-0.3, -0.25) is 10.0 Å². The van der Waals surface area contributed by atoms with Gasteiger partial charge < -0.3 is 4.52 Å². The van der Waals surface area contributed by atoms with Crippen molar-refractivity contribution in [3.63, 3.8) is 0 Å². The highest BCUT2D eigenvalue weighted by Gasteiger charge is 2.16. The number of urea groups is 1. The van der Waals surface area contributed by atoms with Crippen LogP contribution in [0.25, 0.3) is 11.0 Å². The van der Waals surface area contributed by atoms with Crippen LogP contribution in [0.1, 0.15) is 32.1 Å². The lowest BCUT2D eigenvalue weighted by molar-refractivity contribution is 0.257. The fourth-order valence-corrected chi connectivity index (χ4v) is 3.32. The summed E-state index contributed by atoms with van der Waals surface area (Å²) in [4.78, 5) is 11.9. The molecule has 1 aromatic heterocycles. The largest absolute Gasteiger partial charge is 0.354 e. The predicted molar refractivity (Wildman–Crippen MR) is 80.6 cm³/mol. The summed E-state index contributed by atoms with van der Waals surface area (Å²) in [6, 6.07) is 7.20. The Labute approximate surface area is 121 Å². The third kappa shape index (κ3) is 3.07. The summed E-state index contributed by atoms with van der Waals surface area (Å²) >= 11 is 1.51. The van der Waals surface area contributed by atoms with E-state index in [0.29, 0.717) is 16.7 Å². The van der Waals surface area contributed by atoms with Gasteiger partial charge in [-0.1, -0.05) is 36.6 Å². The van der Waals surface area contributed by atoms with Crippen molar-refractivity contribution >= 4 is 34.8 Å². The summed E-state index contributed by atoms with van der Waals surface area (Å²) < 4.78 is 7.99. The molecule has 0 aliphatic heterocycles. The van der Waals surface area contributed by atoms with E-state index in [9.17, 15) is 4.79 Å². The van der Waals surface area contributed by atoms with Crippen LogP contribution in [-0.4, -0.2) is 16.4 Å². The zero-order valence-electron chi connectivity index (χ0n) is 11.1. The Morgan fingerprint density at radius 3 is 2.90 bits per heavy atom. The number of fused-ring (bicyclic) bond motifs is 1. The molecule has 0 bridgehead atoms. The van der Waals surface area contributed by atoms with Crippen molar-refractivity contribution in [1.29, 1.82) is 0 Å². The molecule has 1 saturated carbocycles. The number of para-hydroxylation sites is 1. The molecule has 1 aliphatic rings. The zero-order valence-corrected chi connectivity index (χ0v) is 11.9. The van der Waals surface area contributed by atoms with Crippen molar-refractivity contribution in [3.05, 3.63) is 24.3 Å². The average molecular weight is 291 g/mol. The lowest BCUT2D eigenvalue weighted by Gasteiger charge is -2.20. The highest BCUT2D eigenvalue weighted by Crippen LogP contribution is 2.26. The number of carbonyl (C=O) groups is 1. The molecular weight excluding hydrogens is 274 g/mol. The molecule has 0 atom stereocenters. The fraction of sp³-hybridized carbons (Fsp3) is 0.429. The second-order valence-electron chi connectivity index (χ2n) is 4.96. The predicted octanol–water partition coefficient (Wildman–Crippen LogP) is 3.93. The van der Waals surface area contributed by atoms with E-state index in [0.717, 1.165) is 5.39 Å². The van der Waals surface area contributed by atoms with Crippen LogP contribution in [-0.2, 0) is 0 Å². The lowest BCUT2D eigenvalue weighted by atomic mass is 10.0. The molecule has 3 rings (SSSR count). The fourth-order valence-electron chi connectivity index (χ4n) is 2.43. The van der Waals surface area contributed by atoms with E-state index in [-0.39, 0.29) is 6.03 Å². The highest BCUT2D eigenvalue weighted by molar-refractivity contribution is 7.98. The first-order valence-corrected chi connectivity index (χ1v) is 7.78. The van der Waals surface area contributed by atoms with Gasteiger partial charge >= 0.3 is 6.03 Å². The maximum Gasteiger partial charge on any atom is 0.330 e. The molecular formula is C14H17N3O2S. The van der Waals surface area contributed by atoms with Crippen LogP contribution in [0.4, 0.5) is 10.6 Å². The number of aromatic nitrogens is 1. The van der Waals surface area contributed by atoms with Gasteiger partial charge in [0.25, 0.3) is 0 Å². The van der Waals surface area contributed by atoms with Crippen LogP contribution in [0, 0.1) is 0 Å². The molecule has 1 heterocycles. The molecule has 0 saturated heterocycles. The Balaban J connectivity index is 1.55. The van der Waals surface area contributed by atoms with Crippen molar-refractivity contribution in [2.75, 3.05) is 5.32 Å². The van der Waals surface area contributed by atoms with Gasteiger partial charge in [-0.15, -0.1) is 0 Å². The molecule has 1 fully saturated rings. The van der Waals surface area contributed by atoms with Crippen LogP contribution < -0.4 is 10.0 Å². The van der Waals surface area contributed by atoms with Crippen molar-refractivity contribution in [2.24, 2.45) is 0 Å². The van der Waals surface area contributed by atoms with E-state index in [4.69, 9.17) is 4.52 Å². The van der Waals surface area contributed by atoms with Crippen LogP contribution in [0.2, 0.25) is 0 Å². The summed E-state index contributed by atoms with van der Waals surface area (Å²) in [6.07, 6.45) is 6.19. The smallest absolute Gasteiger partial charge is 0.330 e. The van der Waals surface area contributed by atoms with E-state index in [1.807, 2.05) is 24.3 Å². The SMILES string of the molecule is O=C(NSC1CCCCC1)Nc1noc2ccccc12. The van der Waals surface area contributed by atoms with E-state index >= 15 is 0 Å². The normalized spacial score (nSPS) is 16.2. The summed E-state index contributed by atoms with van der Waals surface area (Å²) in [7, 11) is 0. The minimum atomic E-state index is -0.250. The molecule has 5 nitrogen and oxygen atoms in total. The van der Waals surface area contributed by atoms with Crippen LogP contribution in [0.3, 0.4) is 0 Å². The maximum atomic E-state index is 11.9. The average Bonchev–Trinajstić information content (AvgIpc) is 2.90. The molecule has 0 radical (unpaired) electrons. The van der Waals surface area contributed by atoms with Gasteiger partial charge in [0.15, 0.2) is 11.4 Å². The van der Waals surface area contributed by atoms with E-state index in [1.165, 1.54) is 44.1 Å². The maximum absolute atomic E-state index is 11.9. The van der Waals surface area contributed by atoms with Gasteiger partial charge in [0.2, 0.25) is 0 Å². The van der Waals surface area contributed by atoms with Gasteiger partial charge in [0.05, 0.1) is 5.39 Å². The number of nitrogens with zero attached hydrogens (tertiary/aromatic N) is 1. The van der Waals surface area contributed by atoms with Gasteiger partial charge in [-0.2, -0.15) is 0 Å². The number of benzene rings is 1. The highest BCUT2D eigenvalue weighted by atomic mass is 32.2. The third-order valence-electron chi connectivity index (χ3n) is 3.48. The number of amides is 2. The van der Waals surface area contributed by atoms with Crippen LogP contribution >= 0.6 is 11.9 Å². The molecule has 2 aromatic rings. The molecule has 2 N–H and O–H groups in total. The first-order chi connectivity index (χ1) is 9.83. The number of nitrogens with one attached hydrogen (secondary N) is 2. The molecule has 106 valence electrons. The van der Waals surface area contributed by atoms with Gasteiger partial charge in [0.1, 0.15) is 0 Å². The standard InChI is InChI=1S/C14H17N3O2S/c18-14(17-20-10-6-2-1-3-7-10)15-13-11-8-4-5-9-12(11)19-16-13/h4-5,8-10H,1-3,6-7H2,(H2,15,16,17,18). The summed E-state index contributed by atoms with van der Waals surface area (Å²) in [5.41, 5.74) is 0.669. The van der Waals surface area contributed by atoms with Crippen molar-refractivity contribution in [2.45, 2.75) is 37.4 Å². The molecule has 1 aromatic carbocycles. The Kier molecular flexibility index (Phi) is 4.11. The van der Waals surface area contributed by atoms with E-state index in [2.05, 4.69) is 15.2 Å². The number of hydrogen-bond acceptors (Lipinski definition) is 4. The summed E-state index contributed by atoms with van der Waals surface area (Å²) in [6.45, 7) is 0. The number of carbonyl (C=O) groups excluding carboxylic acids is 1. The van der Waals surface area contributed by atoms with Gasteiger partial charge in [0, 0.05) is 5.25 Å². The Morgan fingerprint density at radius 1 is 1.25 bits per heavy atom. The lowest BCUT2D eigenvalue weighted by Crippen LogP contribution is -2.26. The number of anilines is 1. The molecule has 2 amide bonds. The Bertz CT molecular complexity index is 593. The van der Waals surface area contributed by atoms with Crippen molar-refractivity contribution in [3.8, 4) is 0 Å². The number of rotatable bonds is 3. The third-order valence-corrected chi connectivity index (χ3v) is 4.59. The van der Waals surface area contributed by atoms with Crippen LogP contribution in [0.5, 0.6) is 0 Å². The second-order valence-corrected chi connectivity index (χ2v) is 6.07. The monoisotopic (exact) mass is 291 g/mol. The second kappa shape index (κ2) is 6.17. The topological polar surface area (TPSA) is 67.2 Å². The quantitative estimate of drug-likeness (QED) is 0.841. The minimum absolute atomic E-state index is 0.250. The molecule has 0 unspecified atom stereocenters. The van der Waals surface area contributed by atoms with Gasteiger partial charge in [-0.05, 0) is 36.9 Å². The molecule has 20 heavy (non-hydrogen) atoms. The molecule has 1 aliphatic carbocycles. The first kappa shape index (κ1) is 13.3. The van der Waals surface area contributed by atoms with E-state index < -0.39 is 0 Å². The number of hydrogen-bond donors (Lipinski definition) is 2. The van der Waals surface area contributed by atoms with Crippen molar-refractivity contribution in [1.82, 2.24) is 9.88 Å². The summed E-state index contributed by atoms with van der Waals surface area (Å²) in [5.74, 6) is 0.461. The van der Waals surface area contributed by atoms with E-state index in [1.54, 1.807) is 0 Å². The van der Waals surface area contributed by atoms with Gasteiger partial charge in [-0.25, -0.2) is 4.79 Å². The Morgan fingerprint density at radius 2 is 2.05 bits per heavy atom. The van der Waals surface area contributed by atoms with Crippen LogP contribution in [0.15, 0.2) is 28.8 Å².